The molecule has 9 nitrogen and oxygen atoms in total. The molecule has 0 radical (unpaired) electrons. The van der Waals surface area contributed by atoms with Crippen molar-refractivity contribution in [2.24, 2.45) is 0 Å². The van der Waals surface area contributed by atoms with E-state index in [0.717, 1.165) is 0 Å². The molecule has 82 valence electrons. The Kier molecular flexibility index (Phi) is 4.19. The summed E-state index contributed by atoms with van der Waals surface area (Å²) >= 11 is 0. The SMILES string of the molecule is CP(=O)(O)O[PH](O)(O)OP(=O)(O)O. The summed E-state index contributed by atoms with van der Waals surface area (Å²) < 4.78 is 27.5. The van der Waals surface area contributed by atoms with Gasteiger partial charge >= 0.3 is 72.5 Å². The van der Waals surface area contributed by atoms with Crippen molar-refractivity contribution in [2.45, 2.75) is 0 Å². The first-order valence-corrected chi connectivity index (χ1v) is 7.90. The molecule has 0 aromatic heterocycles. The molecule has 0 saturated heterocycles. The van der Waals surface area contributed by atoms with Crippen LogP contribution in [0.5, 0.6) is 0 Å². The summed E-state index contributed by atoms with van der Waals surface area (Å²) in [4.78, 5) is 41.9. The summed E-state index contributed by atoms with van der Waals surface area (Å²) in [5.41, 5.74) is 0. The third-order valence-electron chi connectivity index (χ3n) is 0.526. The number of hydrogen-bond acceptors (Lipinski definition) is 6. The van der Waals surface area contributed by atoms with Crippen LogP contribution in [-0.4, -0.2) is 31.1 Å². The molecule has 0 amide bonds. The first kappa shape index (κ1) is 13.6. The Bertz CT molecular complexity index is 230. The van der Waals surface area contributed by atoms with Crippen LogP contribution in [0.15, 0.2) is 0 Å². The van der Waals surface area contributed by atoms with Crippen LogP contribution in [-0.2, 0) is 17.8 Å². The Balaban J connectivity index is 4.43. The molecule has 0 heterocycles. The molecule has 0 fully saturated rings. The van der Waals surface area contributed by atoms with Crippen LogP contribution in [0.4, 0.5) is 0 Å². The summed E-state index contributed by atoms with van der Waals surface area (Å²) in [5.74, 6) is 0. The van der Waals surface area contributed by atoms with Crippen LogP contribution in [0.2, 0.25) is 0 Å². The Morgan fingerprint density at radius 1 is 1.08 bits per heavy atom. The van der Waals surface area contributed by atoms with Crippen molar-refractivity contribution in [1.82, 2.24) is 0 Å². The third-order valence-corrected chi connectivity index (χ3v) is 4.74. The first-order chi connectivity index (χ1) is 5.41. The molecule has 13 heavy (non-hydrogen) atoms. The number of hydrogen-bond donors (Lipinski definition) is 5. The molecule has 0 aliphatic heterocycles. The average Bonchev–Trinajstić information content (AvgIpc) is 1.43. The molecule has 0 aliphatic carbocycles. The molecular weight excluding hydrogens is 249 g/mol. The molecular formula is CH9O9P3. The summed E-state index contributed by atoms with van der Waals surface area (Å²) in [6.07, 6.45) is 0. The topological polar surface area (TPSA) is 154 Å². The Morgan fingerprint density at radius 2 is 1.46 bits per heavy atom. The zero-order chi connectivity index (χ0) is 10.9. The van der Waals surface area contributed by atoms with Gasteiger partial charge in [-0.3, -0.25) is 0 Å². The first-order valence-electron chi connectivity index (χ1n) is 2.63. The minimum absolute atomic E-state index is 0.601. The monoisotopic (exact) mass is 258 g/mol. The molecule has 0 rings (SSSR count). The van der Waals surface area contributed by atoms with Crippen LogP contribution in [0, 0.1) is 0 Å². The standard InChI is InChI=1S/CH9O9P3/c1-11(2,3)9-13(7,8)10-12(4,5)6/h7-8,13H,1H3,(H,2,3)(H2,4,5,6). The van der Waals surface area contributed by atoms with Gasteiger partial charge in [-0.05, 0) is 0 Å². The fourth-order valence-corrected chi connectivity index (χ4v) is 3.83. The van der Waals surface area contributed by atoms with Gasteiger partial charge in [-0.15, -0.1) is 0 Å². The predicted octanol–water partition coefficient (Wildman–Crippen LogP) is -0.678. The fraction of sp³-hybridized carbons (Fsp3) is 1.00. The van der Waals surface area contributed by atoms with Gasteiger partial charge in [-0.25, -0.2) is 0 Å². The summed E-state index contributed by atoms with van der Waals surface area (Å²) in [5, 5.41) is 0. The zero-order valence-electron chi connectivity index (χ0n) is 6.26. The van der Waals surface area contributed by atoms with Gasteiger partial charge in [-0.1, -0.05) is 0 Å². The van der Waals surface area contributed by atoms with E-state index < -0.39 is 23.6 Å². The van der Waals surface area contributed by atoms with E-state index in [0.29, 0.717) is 6.66 Å². The molecule has 0 bridgehead atoms. The maximum atomic E-state index is 10.4. The van der Waals surface area contributed by atoms with Crippen molar-refractivity contribution in [3.8, 4) is 0 Å². The van der Waals surface area contributed by atoms with E-state index in [-0.39, 0.29) is 0 Å². The van der Waals surface area contributed by atoms with Crippen molar-refractivity contribution in [1.29, 1.82) is 0 Å². The Morgan fingerprint density at radius 3 is 1.69 bits per heavy atom. The minimum atomic E-state index is -5.25. The van der Waals surface area contributed by atoms with Crippen molar-refractivity contribution >= 4 is 23.6 Å². The molecule has 1 atom stereocenters. The normalized spacial score (nSPS) is 19.5. The second kappa shape index (κ2) is 4.00. The molecule has 0 aromatic rings. The van der Waals surface area contributed by atoms with E-state index >= 15 is 0 Å². The summed E-state index contributed by atoms with van der Waals surface area (Å²) in [6, 6.07) is 0. The van der Waals surface area contributed by atoms with Gasteiger partial charge in [0.2, 0.25) is 0 Å². The van der Waals surface area contributed by atoms with Gasteiger partial charge in [0.15, 0.2) is 0 Å². The van der Waals surface area contributed by atoms with Crippen molar-refractivity contribution in [3.05, 3.63) is 0 Å². The molecule has 12 heteroatoms. The van der Waals surface area contributed by atoms with Gasteiger partial charge < -0.3 is 0 Å². The number of phosphoric acid groups is 1. The van der Waals surface area contributed by atoms with E-state index in [2.05, 4.69) is 8.62 Å². The Labute approximate surface area is 73.4 Å². The van der Waals surface area contributed by atoms with Gasteiger partial charge in [0.05, 0.1) is 0 Å². The summed E-state index contributed by atoms with van der Waals surface area (Å²) in [6.45, 7) is 0.601. The second-order valence-electron chi connectivity index (χ2n) is 2.02. The van der Waals surface area contributed by atoms with E-state index in [4.69, 9.17) is 24.5 Å². The van der Waals surface area contributed by atoms with Gasteiger partial charge in [0.1, 0.15) is 0 Å². The zero-order valence-corrected chi connectivity index (χ0v) is 9.05. The average molecular weight is 258 g/mol. The van der Waals surface area contributed by atoms with E-state index in [1.807, 2.05) is 0 Å². The van der Waals surface area contributed by atoms with Gasteiger partial charge in [-0.2, -0.15) is 0 Å². The molecule has 1 unspecified atom stereocenters. The molecule has 0 aromatic carbocycles. The van der Waals surface area contributed by atoms with Crippen molar-refractivity contribution in [3.63, 3.8) is 0 Å². The quantitative estimate of drug-likeness (QED) is 0.412. The van der Waals surface area contributed by atoms with Gasteiger partial charge in [0, 0.05) is 0 Å². The fourth-order valence-electron chi connectivity index (χ4n) is 0.392. The van der Waals surface area contributed by atoms with Crippen molar-refractivity contribution in [2.75, 3.05) is 6.66 Å². The summed E-state index contributed by atoms with van der Waals surface area (Å²) in [7, 11) is -14.7. The molecule has 0 spiro atoms. The van der Waals surface area contributed by atoms with Crippen LogP contribution in [0.1, 0.15) is 0 Å². The van der Waals surface area contributed by atoms with E-state index in [9.17, 15) is 9.13 Å². The maximum absolute atomic E-state index is 10.4. The molecule has 0 aliphatic rings. The third kappa shape index (κ3) is 8.93. The van der Waals surface area contributed by atoms with Crippen LogP contribution in [0.25, 0.3) is 0 Å². The van der Waals surface area contributed by atoms with Crippen LogP contribution in [0.3, 0.4) is 0 Å². The number of rotatable bonds is 4. The van der Waals surface area contributed by atoms with Crippen molar-refractivity contribution < 1.29 is 42.2 Å². The predicted molar refractivity (Wildman–Crippen MR) is 42.7 cm³/mol. The second-order valence-corrected chi connectivity index (χ2v) is 7.17. The Hall–Kier alpha value is 0.610. The van der Waals surface area contributed by atoms with E-state index in [1.54, 1.807) is 0 Å². The molecule has 5 N–H and O–H groups in total. The van der Waals surface area contributed by atoms with E-state index in [1.165, 1.54) is 0 Å². The van der Waals surface area contributed by atoms with Crippen LogP contribution >= 0.6 is 23.6 Å². The van der Waals surface area contributed by atoms with Gasteiger partial charge in [0.25, 0.3) is 0 Å². The van der Waals surface area contributed by atoms with Crippen LogP contribution < -0.4 is 0 Å². The molecule has 0 saturated carbocycles.